The Bertz CT molecular complexity index is 981. The maximum Gasteiger partial charge on any atom is 0.573 e. The van der Waals surface area contributed by atoms with E-state index in [2.05, 4.69) is 25.3 Å². The fourth-order valence-corrected chi connectivity index (χ4v) is 3.43. The topological polar surface area (TPSA) is 79.3 Å². The van der Waals surface area contributed by atoms with Crippen LogP contribution in [0, 0.1) is 5.92 Å². The van der Waals surface area contributed by atoms with E-state index in [-0.39, 0.29) is 30.3 Å². The molecule has 31 heavy (non-hydrogen) atoms. The first-order chi connectivity index (χ1) is 14.7. The van der Waals surface area contributed by atoms with Crippen LogP contribution in [-0.4, -0.2) is 34.1 Å². The minimum absolute atomic E-state index is 0.113. The fraction of sp³-hybridized carbons (Fsp3) is 0.333. The van der Waals surface area contributed by atoms with Crippen molar-refractivity contribution in [1.29, 1.82) is 0 Å². The van der Waals surface area contributed by atoms with E-state index in [1.54, 1.807) is 23.5 Å². The molecule has 0 spiro atoms. The first-order valence-corrected chi connectivity index (χ1v) is 10.5. The number of ether oxygens (including phenoxy) is 1. The zero-order valence-corrected chi connectivity index (χ0v) is 17.8. The van der Waals surface area contributed by atoms with Crippen molar-refractivity contribution in [2.24, 2.45) is 5.92 Å². The monoisotopic (exact) mass is 452 g/mol. The molecule has 0 fully saturated rings. The number of aliphatic hydroxyl groups is 1. The Balaban J connectivity index is 1.93. The molecule has 2 aromatic heterocycles. The summed E-state index contributed by atoms with van der Waals surface area (Å²) in [5.41, 5.74) is 0.857. The first-order valence-electron chi connectivity index (χ1n) is 9.62. The molecule has 0 bridgehead atoms. The number of anilines is 2. The molecule has 0 aliphatic heterocycles. The summed E-state index contributed by atoms with van der Waals surface area (Å²) >= 11 is 1.59. The number of benzene rings is 1. The lowest BCUT2D eigenvalue weighted by Gasteiger charge is -2.20. The Kier molecular flexibility index (Phi) is 7.34. The minimum Gasteiger partial charge on any atom is -0.406 e. The van der Waals surface area contributed by atoms with Crippen molar-refractivity contribution in [3.63, 3.8) is 0 Å². The summed E-state index contributed by atoms with van der Waals surface area (Å²) in [6.45, 7) is 4.33. The molecular formula is C21H23F3N4O2S. The molecule has 0 saturated carbocycles. The third kappa shape index (κ3) is 6.83. The van der Waals surface area contributed by atoms with E-state index in [0.29, 0.717) is 23.6 Å². The van der Waals surface area contributed by atoms with Crippen molar-refractivity contribution in [1.82, 2.24) is 9.97 Å². The van der Waals surface area contributed by atoms with Gasteiger partial charge in [0.1, 0.15) is 11.6 Å². The zero-order valence-electron chi connectivity index (χ0n) is 17.0. The fourth-order valence-electron chi connectivity index (χ4n) is 2.78. The van der Waals surface area contributed by atoms with Crippen molar-refractivity contribution in [3.8, 4) is 17.0 Å². The Hall–Kier alpha value is -2.85. The number of hydrogen-bond donors (Lipinski definition) is 3. The molecule has 1 aromatic carbocycles. The highest BCUT2D eigenvalue weighted by molar-refractivity contribution is 7.09. The van der Waals surface area contributed by atoms with E-state index < -0.39 is 6.36 Å². The number of hydrogen-bond acceptors (Lipinski definition) is 7. The third-order valence-electron chi connectivity index (χ3n) is 4.43. The van der Waals surface area contributed by atoms with E-state index in [4.69, 9.17) is 0 Å². The van der Waals surface area contributed by atoms with Crippen LogP contribution in [0.4, 0.5) is 24.9 Å². The van der Waals surface area contributed by atoms with Crippen LogP contribution in [0.1, 0.15) is 18.7 Å². The van der Waals surface area contributed by atoms with Gasteiger partial charge < -0.3 is 20.5 Å². The summed E-state index contributed by atoms with van der Waals surface area (Å²) in [7, 11) is 0. The summed E-state index contributed by atoms with van der Waals surface area (Å²) in [5, 5.41) is 17.9. The molecule has 2 heterocycles. The van der Waals surface area contributed by atoms with Gasteiger partial charge in [0.05, 0.1) is 24.9 Å². The normalized spacial score (nSPS) is 12.6. The lowest BCUT2D eigenvalue weighted by atomic mass is 10.1. The Morgan fingerprint density at radius 3 is 2.58 bits per heavy atom. The van der Waals surface area contributed by atoms with E-state index in [9.17, 15) is 18.3 Å². The molecule has 166 valence electrons. The molecule has 0 amide bonds. The van der Waals surface area contributed by atoms with Crippen LogP contribution in [-0.2, 0) is 6.54 Å². The van der Waals surface area contributed by atoms with Gasteiger partial charge in [-0.25, -0.2) is 4.98 Å². The molecule has 6 nitrogen and oxygen atoms in total. The molecule has 10 heteroatoms. The second-order valence-corrected chi connectivity index (χ2v) is 8.18. The van der Waals surface area contributed by atoms with Crippen molar-refractivity contribution in [2.45, 2.75) is 32.8 Å². The number of halogens is 3. The summed E-state index contributed by atoms with van der Waals surface area (Å²) in [5.74, 6) is 0.550. The first kappa shape index (κ1) is 22.8. The third-order valence-corrected chi connectivity index (χ3v) is 5.31. The molecule has 3 N–H and O–H groups in total. The van der Waals surface area contributed by atoms with Crippen molar-refractivity contribution >= 4 is 23.1 Å². The predicted molar refractivity (Wildman–Crippen MR) is 115 cm³/mol. The van der Waals surface area contributed by atoms with Gasteiger partial charge in [0.2, 0.25) is 5.95 Å². The summed E-state index contributed by atoms with van der Waals surface area (Å²) in [6.07, 6.45) is -4.78. The van der Waals surface area contributed by atoms with Gasteiger partial charge in [0.25, 0.3) is 0 Å². The second-order valence-electron chi connectivity index (χ2n) is 7.15. The lowest BCUT2D eigenvalue weighted by molar-refractivity contribution is -0.274. The number of aromatic nitrogens is 2. The standard InChI is InChI=1S/C21H23F3N4O2S/c1-13(2)18(12-29)27-20-26-17(10-19(28-20)25-11-16-7-4-8-31-16)14-5-3-6-15(9-14)30-21(22,23)24/h3-10,13,18,29H,11-12H2,1-2H3,(H2,25,26,27,28)/t18-/m0/s1. The van der Waals surface area contributed by atoms with Crippen LogP contribution in [0.25, 0.3) is 11.3 Å². The number of rotatable bonds is 9. The Morgan fingerprint density at radius 1 is 1.13 bits per heavy atom. The van der Waals surface area contributed by atoms with Gasteiger partial charge in [-0.3, -0.25) is 0 Å². The molecule has 0 unspecified atom stereocenters. The number of thiophene rings is 1. The number of nitrogens with one attached hydrogen (secondary N) is 2. The van der Waals surface area contributed by atoms with Crippen molar-refractivity contribution in [2.75, 3.05) is 17.2 Å². The van der Waals surface area contributed by atoms with Crippen LogP contribution in [0.5, 0.6) is 5.75 Å². The number of aliphatic hydroxyl groups excluding tert-OH is 1. The SMILES string of the molecule is CC(C)[C@H](CO)Nc1nc(NCc2cccs2)cc(-c2cccc(OC(F)(F)F)c2)n1. The van der Waals surface area contributed by atoms with Crippen LogP contribution in [0.15, 0.2) is 47.8 Å². The van der Waals surface area contributed by atoms with Crippen molar-refractivity contribution in [3.05, 3.63) is 52.7 Å². The van der Waals surface area contributed by atoms with Crippen LogP contribution in [0.2, 0.25) is 0 Å². The number of alkyl halides is 3. The Labute approximate surface area is 182 Å². The van der Waals surface area contributed by atoms with Crippen molar-refractivity contribution < 1.29 is 23.0 Å². The van der Waals surface area contributed by atoms with Gasteiger partial charge in [-0.05, 0) is 29.5 Å². The second kappa shape index (κ2) is 9.97. The van der Waals surface area contributed by atoms with Crippen LogP contribution in [0.3, 0.4) is 0 Å². The molecule has 0 aliphatic carbocycles. The molecule has 3 aromatic rings. The lowest BCUT2D eigenvalue weighted by Crippen LogP contribution is -2.30. The van der Waals surface area contributed by atoms with E-state index >= 15 is 0 Å². The highest BCUT2D eigenvalue weighted by Crippen LogP contribution is 2.29. The van der Waals surface area contributed by atoms with E-state index in [0.717, 1.165) is 4.88 Å². The molecule has 0 radical (unpaired) electrons. The van der Waals surface area contributed by atoms with E-state index in [1.807, 2.05) is 31.4 Å². The average molecular weight is 453 g/mol. The van der Waals surface area contributed by atoms with Crippen LogP contribution >= 0.6 is 11.3 Å². The molecule has 3 rings (SSSR count). The Morgan fingerprint density at radius 2 is 1.94 bits per heavy atom. The smallest absolute Gasteiger partial charge is 0.406 e. The largest absolute Gasteiger partial charge is 0.573 e. The number of nitrogens with zero attached hydrogens (tertiary/aromatic N) is 2. The maximum atomic E-state index is 12.6. The van der Waals surface area contributed by atoms with Gasteiger partial charge >= 0.3 is 6.36 Å². The van der Waals surface area contributed by atoms with Gasteiger partial charge in [-0.15, -0.1) is 24.5 Å². The maximum absolute atomic E-state index is 12.6. The van der Waals surface area contributed by atoms with Crippen LogP contribution < -0.4 is 15.4 Å². The molecule has 0 saturated heterocycles. The van der Waals surface area contributed by atoms with Gasteiger partial charge in [0, 0.05) is 16.5 Å². The highest BCUT2D eigenvalue weighted by atomic mass is 32.1. The summed E-state index contributed by atoms with van der Waals surface area (Å²) in [6, 6.07) is 10.9. The van der Waals surface area contributed by atoms with Gasteiger partial charge in [-0.2, -0.15) is 4.98 Å². The predicted octanol–water partition coefficient (Wildman–Crippen LogP) is 5.14. The summed E-state index contributed by atoms with van der Waals surface area (Å²) in [4.78, 5) is 10.0. The summed E-state index contributed by atoms with van der Waals surface area (Å²) < 4.78 is 41.8. The average Bonchev–Trinajstić information content (AvgIpc) is 3.23. The zero-order chi connectivity index (χ0) is 22.4. The molecule has 1 atom stereocenters. The van der Waals surface area contributed by atoms with Gasteiger partial charge in [0.15, 0.2) is 0 Å². The minimum atomic E-state index is -4.78. The quantitative estimate of drug-likeness (QED) is 0.417. The highest BCUT2D eigenvalue weighted by Gasteiger charge is 2.31. The molecule has 0 aliphatic rings. The molecular weight excluding hydrogens is 429 g/mol. The van der Waals surface area contributed by atoms with Gasteiger partial charge in [-0.1, -0.05) is 32.0 Å². The van der Waals surface area contributed by atoms with E-state index in [1.165, 1.54) is 18.2 Å².